The van der Waals surface area contributed by atoms with Crippen LogP contribution in [0.15, 0.2) is 43.1 Å². The summed E-state index contributed by atoms with van der Waals surface area (Å²) < 4.78 is 17.0. The lowest BCUT2D eigenvalue weighted by atomic mass is 9.77. The number of hydrogen-bond donors (Lipinski definition) is 2. The van der Waals surface area contributed by atoms with Crippen LogP contribution in [0.25, 0.3) is 17.1 Å². The zero-order valence-electron chi connectivity index (χ0n) is 17.6. The van der Waals surface area contributed by atoms with Gasteiger partial charge in [0.25, 0.3) is 0 Å². The molecule has 0 radical (unpaired) electrons. The van der Waals surface area contributed by atoms with Crippen LogP contribution >= 0.6 is 0 Å². The molecule has 2 aromatic heterocycles. The molecule has 0 aliphatic carbocycles. The number of phenols is 1. The Hall–Kier alpha value is -3.07. The number of halogens is 1. The van der Waals surface area contributed by atoms with E-state index in [0.29, 0.717) is 29.2 Å². The Bertz CT molecular complexity index is 1040. The highest BCUT2D eigenvalue weighted by Gasteiger charge is 2.43. The molecule has 162 valence electrons. The number of alkyl halides is 1. The fourth-order valence-corrected chi connectivity index (χ4v) is 4.91. The summed E-state index contributed by atoms with van der Waals surface area (Å²) in [7, 11) is 1.85. The molecule has 5 rings (SSSR count). The highest BCUT2D eigenvalue weighted by molar-refractivity contribution is 5.66. The summed E-state index contributed by atoms with van der Waals surface area (Å²) in [6.45, 7) is 2.20. The molecule has 5 atom stereocenters. The molecule has 3 aromatic rings. The van der Waals surface area contributed by atoms with Gasteiger partial charge in [-0.3, -0.25) is 0 Å². The van der Waals surface area contributed by atoms with Crippen molar-refractivity contribution in [1.29, 1.82) is 0 Å². The highest BCUT2D eigenvalue weighted by atomic mass is 19.1. The van der Waals surface area contributed by atoms with E-state index in [1.54, 1.807) is 41.6 Å². The fraction of sp³-hybridized carbons (Fsp3) is 0.455. The third-order valence-corrected chi connectivity index (χ3v) is 6.50. The van der Waals surface area contributed by atoms with Crippen molar-refractivity contribution in [2.24, 2.45) is 5.92 Å². The molecule has 0 spiro atoms. The van der Waals surface area contributed by atoms with E-state index < -0.39 is 6.17 Å². The summed E-state index contributed by atoms with van der Waals surface area (Å²) in [5.41, 5.74) is 1.27. The number of nitrogens with one attached hydrogen (secondary N) is 1. The van der Waals surface area contributed by atoms with E-state index in [0.717, 1.165) is 24.9 Å². The number of nitrogens with zero attached hydrogens (tertiary/aromatic N) is 6. The molecule has 1 aromatic carbocycles. The number of fused-ring (bicyclic) bond motifs is 2. The maximum absolute atomic E-state index is 15.2. The Kier molecular flexibility index (Phi) is 5.05. The Balaban J connectivity index is 1.34. The summed E-state index contributed by atoms with van der Waals surface area (Å²) in [6.07, 6.45) is 8.42. The van der Waals surface area contributed by atoms with Crippen molar-refractivity contribution in [2.45, 2.75) is 50.5 Å². The van der Waals surface area contributed by atoms with Gasteiger partial charge < -0.3 is 19.9 Å². The van der Waals surface area contributed by atoms with Gasteiger partial charge in [0.05, 0.1) is 29.8 Å². The van der Waals surface area contributed by atoms with Gasteiger partial charge in [-0.2, -0.15) is 0 Å². The summed E-state index contributed by atoms with van der Waals surface area (Å²) in [4.78, 5) is 10.3. The van der Waals surface area contributed by atoms with Gasteiger partial charge in [0.15, 0.2) is 11.6 Å². The molecule has 2 unspecified atom stereocenters. The first-order valence-electron chi connectivity index (χ1n) is 10.6. The number of aromatic nitrogens is 5. The Labute approximate surface area is 180 Å². The third-order valence-electron chi connectivity index (χ3n) is 6.50. The second-order valence-corrected chi connectivity index (χ2v) is 8.72. The van der Waals surface area contributed by atoms with Crippen LogP contribution in [0.4, 0.5) is 10.2 Å². The molecule has 4 heterocycles. The van der Waals surface area contributed by atoms with Crippen molar-refractivity contribution in [2.75, 3.05) is 11.9 Å². The Morgan fingerprint density at radius 3 is 2.81 bits per heavy atom. The second-order valence-electron chi connectivity index (χ2n) is 8.72. The van der Waals surface area contributed by atoms with Gasteiger partial charge in [0, 0.05) is 37.6 Å². The monoisotopic (exact) mass is 423 g/mol. The number of rotatable bonds is 4. The summed E-state index contributed by atoms with van der Waals surface area (Å²) in [5.74, 6) is 1.45. The SMILES string of the molecule is C[C@@H]1CC2C[C@H](N(C)c3cnc(-c4ccc(-n5ccnc5)cc4O)nn3)[C@@H](F)C(C1)N2. The standard InChI is InChI=1S/C22H26FN7O/c1-13-7-14-9-18(21(23)17(8-13)26-14)29(2)20-11-25-22(28-27-20)16-4-3-15(10-19(16)31)30-6-5-24-12-30/h3-6,10-14,17-18,21,26,31H,7-9H2,1-2H3/t13-,14?,17?,18+,21+/m1/s1. The van der Waals surface area contributed by atoms with Gasteiger partial charge in [-0.15, -0.1) is 10.2 Å². The maximum Gasteiger partial charge on any atom is 0.185 e. The van der Waals surface area contributed by atoms with E-state index in [1.165, 1.54) is 0 Å². The number of anilines is 1. The van der Waals surface area contributed by atoms with Crippen molar-refractivity contribution >= 4 is 5.82 Å². The lowest BCUT2D eigenvalue weighted by Crippen LogP contribution is -2.62. The van der Waals surface area contributed by atoms with Gasteiger partial charge >= 0.3 is 0 Å². The predicted octanol–water partition coefficient (Wildman–Crippen LogP) is 2.73. The average Bonchev–Trinajstić information content (AvgIpc) is 3.31. The van der Waals surface area contributed by atoms with Gasteiger partial charge in [0.1, 0.15) is 11.9 Å². The van der Waals surface area contributed by atoms with Crippen molar-refractivity contribution in [3.05, 3.63) is 43.1 Å². The van der Waals surface area contributed by atoms with Crippen LogP contribution in [0.3, 0.4) is 0 Å². The van der Waals surface area contributed by atoms with Crippen LogP contribution in [0.1, 0.15) is 26.2 Å². The van der Waals surface area contributed by atoms with E-state index in [1.807, 2.05) is 18.0 Å². The van der Waals surface area contributed by atoms with Gasteiger partial charge in [-0.25, -0.2) is 14.4 Å². The second kappa shape index (κ2) is 7.88. The molecule has 2 saturated heterocycles. The molecule has 0 saturated carbocycles. The van der Waals surface area contributed by atoms with Crippen molar-refractivity contribution < 1.29 is 9.50 Å². The normalized spacial score (nSPS) is 27.8. The number of hydrogen-bond acceptors (Lipinski definition) is 7. The maximum atomic E-state index is 15.2. The molecule has 9 heteroatoms. The van der Waals surface area contributed by atoms with Crippen LogP contribution in [-0.4, -0.2) is 61.2 Å². The number of benzene rings is 1. The fourth-order valence-electron chi connectivity index (χ4n) is 4.91. The number of aromatic hydroxyl groups is 1. The van der Waals surface area contributed by atoms with Crippen LogP contribution in [0.5, 0.6) is 5.75 Å². The van der Waals surface area contributed by atoms with Crippen LogP contribution in [-0.2, 0) is 0 Å². The van der Waals surface area contributed by atoms with Crippen molar-refractivity contribution in [3.8, 4) is 22.8 Å². The Morgan fingerprint density at radius 1 is 1.23 bits per heavy atom. The van der Waals surface area contributed by atoms with Crippen LogP contribution < -0.4 is 10.2 Å². The van der Waals surface area contributed by atoms with Gasteiger partial charge in [-0.05, 0) is 37.3 Å². The average molecular weight is 423 g/mol. The Morgan fingerprint density at radius 2 is 2.10 bits per heavy atom. The van der Waals surface area contributed by atoms with Gasteiger partial charge in [0.2, 0.25) is 0 Å². The molecular formula is C22H26FN7O. The molecule has 2 fully saturated rings. The molecular weight excluding hydrogens is 397 g/mol. The van der Waals surface area contributed by atoms with E-state index in [2.05, 4.69) is 32.4 Å². The smallest absolute Gasteiger partial charge is 0.185 e. The topological polar surface area (TPSA) is 92.0 Å². The van der Waals surface area contributed by atoms with E-state index in [9.17, 15) is 5.11 Å². The van der Waals surface area contributed by atoms with Gasteiger partial charge in [-0.1, -0.05) is 6.92 Å². The summed E-state index contributed by atoms with van der Waals surface area (Å²) >= 11 is 0. The molecule has 2 bridgehead atoms. The number of imidazole rings is 1. The van der Waals surface area contributed by atoms with E-state index >= 15 is 4.39 Å². The molecule has 0 amide bonds. The van der Waals surface area contributed by atoms with Crippen molar-refractivity contribution in [1.82, 2.24) is 30.0 Å². The minimum atomic E-state index is -0.967. The molecule has 8 nitrogen and oxygen atoms in total. The zero-order chi connectivity index (χ0) is 21.5. The summed E-state index contributed by atoms with van der Waals surface area (Å²) in [5, 5.41) is 22.4. The molecule has 31 heavy (non-hydrogen) atoms. The lowest BCUT2D eigenvalue weighted by Gasteiger charge is -2.47. The minimum absolute atomic E-state index is 0.0539. The first-order valence-corrected chi connectivity index (χ1v) is 10.6. The van der Waals surface area contributed by atoms with E-state index in [4.69, 9.17) is 0 Å². The summed E-state index contributed by atoms with van der Waals surface area (Å²) in [6, 6.07) is 5.19. The highest BCUT2D eigenvalue weighted by Crippen LogP contribution is 2.35. The quantitative estimate of drug-likeness (QED) is 0.667. The third kappa shape index (κ3) is 3.74. The van der Waals surface area contributed by atoms with Crippen LogP contribution in [0.2, 0.25) is 0 Å². The zero-order valence-corrected chi connectivity index (χ0v) is 17.6. The first-order chi connectivity index (χ1) is 15.0. The lowest BCUT2D eigenvalue weighted by molar-refractivity contribution is 0.0851. The minimum Gasteiger partial charge on any atom is -0.507 e. The largest absolute Gasteiger partial charge is 0.507 e. The molecule has 2 aliphatic heterocycles. The predicted molar refractivity (Wildman–Crippen MR) is 115 cm³/mol. The molecule has 2 aliphatic rings. The van der Waals surface area contributed by atoms with Crippen molar-refractivity contribution in [3.63, 3.8) is 0 Å². The number of piperidine rings is 2. The molecule has 2 N–H and O–H groups in total. The van der Waals surface area contributed by atoms with E-state index in [-0.39, 0.29) is 17.8 Å². The van der Waals surface area contributed by atoms with Crippen LogP contribution in [0, 0.1) is 5.92 Å². The first kappa shape index (κ1) is 19.9. The number of phenolic OH excluding ortho intramolecular Hbond substituents is 1.